The first kappa shape index (κ1) is 36.7. The zero-order chi connectivity index (χ0) is 35.2. The Bertz CT molecular complexity index is 1650. The van der Waals surface area contributed by atoms with E-state index in [1.165, 1.54) is 39.0 Å². The predicted molar refractivity (Wildman–Crippen MR) is 179 cm³/mol. The average molecular weight is 690 g/mol. The summed E-state index contributed by atoms with van der Waals surface area (Å²) in [6.45, 7) is 9.54. The Morgan fingerprint density at radius 1 is 1.23 bits per heavy atom. The molecule has 0 spiro atoms. The largest absolute Gasteiger partial charge is 0.490 e. The molecule has 0 aliphatic carbocycles. The van der Waals surface area contributed by atoms with E-state index >= 15 is 0 Å². The molecule has 0 unspecified atom stereocenters. The summed E-state index contributed by atoms with van der Waals surface area (Å²) in [5, 5.41) is 16.8. The molecule has 0 saturated heterocycles. The van der Waals surface area contributed by atoms with Crippen molar-refractivity contribution in [2.45, 2.75) is 77.2 Å². The van der Waals surface area contributed by atoms with Crippen LogP contribution >= 0.6 is 0 Å². The lowest BCUT2D eigenvalue weighted by Crippen LogP contribution is -2.48. The van der Waals surface area contributed by atoms with Crippen molar-refractivity contribution in [3.63, 3.8) is 0 Å². The summed E-state index contributed by atoms with van der Waals surface area (Å²) in [5.41, 5.74) is 1.37. The van der Waals surface area contributed by atoms with Crippen molar-refractivity contribution in [1.82, 2.24) is 24.5 Å². The van der Waals surface area contributed by atoms with E-state index in [-0.39, 0.29) is 54.0 Å². The lowest BCUT2D eigenvalue weighted by Gasteiger charge is -2.35. The van der Waals surface area contributed by atoms with E-state index in [1.807, 2.05) is 13.8 Å². The number of hydrogen-bond acceptors (Lipinski definition) is 10. The quantitative estimate of drug-likeness (QED) is 0.315. The minimum absolute atomic E-state index is 0.140. The van der Waals surface area contributed by atoms with Crippen molar-refractivity contribution in [2.75, 3.05) is 43.4 Å². The molecular weight excluding hydrogens is 642 g/mol. The molecule has 1 aliphatic heterocycles. The fourth-order valence-electron chi connectivity index (χ4n) is 5.40. The number of fused-ring (bicyclic) bond motifs is 1. The van der Waals surface area contributed by atoms with Crippen molar-refractivity contribution in [2.24, 2.45) is 13.0 Å². The number of aliphatic hydroxyl groups excluding tert-OH is 1. The third kappa shape index (κ3) is 9.05. The highest BCUT2D eigenvalue weighted by Gasteiger charge is 2.31. The molecule has 15 nitrogen and oxygen atoms in total. The lowest BCUT2D eigenvalue weighted by molar-refractivity contribution is -0.0115. The molecule has 3 N–H and O–H groups in total. The standard InChI is InChI=1S/C32H47N7O8S/c1-20-15-39(21(2)18-40)31(41)26-14-25(36-48(43,44)29-17-37(6)19-33-29)11-12-27(26)46-22(3)10-8-9-13-45-28(20)16-38(7)32(42)34-30-23(4)35-47-24(30)5/h11-12,14,17,19-22,28,36,40H,8-10,13,15-16,18H2,1-7H3,(H,34,42)/t20-,21-,22-,28-/m0/s1. The predicted octanol–water partition coefficient (Wildman–Crippen LogP) is 3.79. The van der Waals surface area contributed by atoms with Crippen LogP contribution in [0.2, 0.25) is 0 Å². The Hall–Kier alpha value is -4.15. The van der Waals surface area contributed by atoms with Crippen LogP contribution in [-0.2, 0) is 21.8 Å². The maximum atomic E-state index is 14.3. The smallest absolute Gasteiger partial charge is 0.321 e. The van der Waals surface area contributed by atoms with Crippen molar-refractivity contribution in [3.05, 3.63) is 47.7 Å². The Labute approximate surface area is 281 Å². The monoisotopic (exact) mass is 689 g/mol. The SMILES string of the molecule is Cc1noc(C)c1NC(=O)N(C)C[C@@H]1OCCCC[C@H](C)Oc2ccc(NS(=O)(=O)c3cn(C)cn3)cc2C(=O)N([C@@H](C)CO)C[C@@H]1C. The Morgan fingerprint density at radius 3 is 2.62 bits per heavy atom. The van der Waals surface area contributed by atoms with E-state index in [0.717, 1.165) is 12.8 Å². The van der Waals surface area contributed by atoms with Gasteiger partial charge in [-0.2, -0.15) is 8.42 Å². The summed E-state index contributed by atoms with van der Waals surface area (Å²) in [6, 6.07) is 3.60. The maximum Gasteiger partial charge on any atom is 0.321 e. The number of ether oxygens (including phenoxy) is 2. The van der Waals surface area contributed by atoms with Gasteiger partial charge in [0.05, 0.1) is 36.7 Å². The number of benzene rings is 1. The molecule has 1 aliphatic rings. The van der Waals surface area contributed by atoms with Crippen molar-refractivity contribution in [3.8, 4) is 5.75 Å². The molecule has 3 amide bonds. The Morgan fingerprint density at radius 2 is 1.98 bits per heavy atom. The lowest BCUT2D eigenvalue weighted by atomic mass is 10.0. The molecule has 16 heteroatoms. The normalized spacial score (nSPS) is 20.3. The second-order valence-electron chi connectivity index (χ2n) is 12.5. The Kier molecular flexibility index (Phi) is 12.1. The third-order valence-electron chi connectivity index (χ3n) is 8.33. The number of anilines is 2. The molecule has 3 heterocycles. The number of amides is 3. The number of aryl methyl sites for hydroxylation is 3. The van der Waals surface area contributed by atoms with Crippen LogP contribution in [-0.4, -0.2) is 102 Å². The number of rotatable bonds is 8. The highest BCUT2D eigenvalue weighted by molar-refractivity contribution is 7.92. The summed E-state index contributed by atoms with van der Waals surface area (Å²) in [6.07, 6.45) is 4.27. The molecule has 2 aromatic heterocycles. The second-order valence-corrected chi connectivity index (χ2v) is 14.1. The van der Waals surface area contributed by atoms with Gasteiger partial charge in [0.2, 0.25) is 0 Å². The first-order valence-corrected chi connectivity index (χ1v) is 17.5. The number of nitrogens with zero attached hydrogens (tertiary/aromatic N) is 5. The first-order chi connectivity index (χ1) is 22.7. The van der Waals surface area contributed by atoms with E-state index in [4.69, 9.17) is 14.0 Å². The summed E-state index contributed by atoms with van der Waals surface area (Å²) in [7, 11) is -0.711. The first-order valence-electron chi connectivity index (χ1n) is 16.0. The molecule has 0 saturated carbocycles. The summed E-state index contributed by atoms with van der Waals surface area (Å²) in [4.78, 5) is 34.5. The van der Waals surface area contributed by atoms with E-state index in [2.05, 4.69) is 20.2 Å². The van der Waals surface area contributed by atoms with Gasteiger partial charge in [0, 0.05) is 51.6 Å². The van der Waals surface area contributed by atoms with Gasteiger partial charge in [0.25, 0.3) is 15.9 Å². The third-order valence-corrected chi connectivity index (χ3v) is 9.59. The number of aliphatic hydroxyl groups is 1. The van der Waals surface area contributed by atoms with E-state index in [0.29, 0.717) is 35.9 Å². The van der Waals surface area contributed by atoms with Gasteiger partial charge < -0.3 is 38.8 Å². The number of aromatic nitrogens is 3. The topological polar surface area (TPSA) is 181 Å². The summed E-state index contributed by atoms with van der Waals surface area (Å²) < 4.78 is 47.9. The van der Waals surface area contributed by atoms with Gasteiger partial charge in [0.15, 0.2) is 10.8 Å². The van der Waals surface area contributed by atoms with E-state index in [1.54, 1.807) is 40.9 Å². The number of nitrogens with one attached hydrogen (secondary N) is 2. The molecule has 4 rings (SSSR count). The fourth-order valence-corrected chi connectivity index (χ4v) is 6.43. The van der Waals surface area contributed by atoms with Crippen LogP contribution in [0.1, 0.15) is 61.8 Å². The molecular formula is C32H47N7O8S. The number of sulfonamides is 1. The van der Waals surface area contributed by atoms with Crippen LogP contribution in [0.15, 0.2) is 40.3 Å². The van der Waals surface area contributed by atoms with Crippen LogP contribution < -0.4 is 14.8 Å². The van der Waals surface area contributed by atoms with Crippen molar-refractivity contribution in [1.29, 1.82) is 0 Å². The van der Waals surface area contributed by atoms with Crippen LogP contribution in [0, 0.1) is 19.8 Å². The summed E-state index contributed by atoms with van der Waals surface area (Å²) >= 11 is 0. The van der Waals surface area contributed by atoms with Gasteiger partial charge >= 0.3 is 6.03 Å². The minimum atomic E-state index is -4.04. The zero-order valence-corrected chi connectivity index (χ0v) is 29.4. The number of imidazole rings is 1. The molecule has 1 aromatic carbocycles. The van der Waals surface area contributed by atoms with Crippen LogP contribution in [0.25, 0.3) is 0 Å². The molecule has 48 heavy (non-hydrogen) atoms. The molecule has 0 radical (unpaired) electrons. The highest BCUT2D eigenvalue weighted by Crippen LogP contribution is 2.29. The number of likely N-dealkylation sites (N-methyl/N-ethyl adjacent to an activating group) is 1. The van der Waals surface area contributed by atoms with Crippen molar-refractivity contribution < 1.29 is 37.1 Å². The van der Waals surface area contributed by atoms with Gasteiger partial charge in [-0.05, 0) is 65.2 Å². The fraction of sp³-hybridized carbons (Fsp3) is 0.562. The summed E-state index contributed by atoms with van der Waals surface area (Å²) in [5.74, 6) is 0.0611. The van der Waals surface area contributed by atoms with Crippen LogP contribution in [0.5, 0.6) is 5.75 Å². The van der Waals surface area contributed by atoms with Gasteiger partial charge in [-0.25, -0.2) is 9.78 Å². The average Bonchev–Trinajstić information content (AvgIpc) is 3.63. The van der Waals surface area contributed by atoms with Crippen LogP contribution in [0.4, 0.5) is 16.2 Å². The van der Waals surface area contributed by atoms with E-state index < -0.39 is 28.1 Å². The molecule has 4 atom stereocenters. The molecule has 264 valence electrons. The van der Waals surface area contributed by atoms with Crippen molar-refractivity contribution >= 4 is 33.3 Å². The molecule has 3 aromatic rings. The highest BCUT2D eigenvalue weighted by atomic mass is 32.2. The van der Waals surface area contributed by atoms with E-state index in [9.17, 15) is 23.1 Å². The van der Waals surface area contributed by atoms with Gasteiger partial charge in [-0.1, -0.05) is 12.1 Å². The second kappa shape index (κ2) is 15.8. The van der Waals surface area contributed by atoms with Gasteiger partial charge in [0.1, 0.15) is 17.1 Å². The van der Waals surface area contributed by atoms with Gasteiger partial charge in [-0.3, -0.25) is 9.52 Å². The van der Waals surface area contributed by atoms with Crippen LogP contribution in [0.3, 0.4) is 0 Å². The minimum Gasteiger partial charge on any atom is -0.490 e. The van der Waals surface area contributed by atoms with Gasteiger partial charge in [-0.15, -0.1) is 0 Å². The molecule has 0 bridgehead atoms. The number of carbonyl (C=O) groups excluding carboxylic acids is 2. The molecule has 0 fully saturated rings. The number of hydrogen-bond donors (Lipinski definition) is 3. The maximum absolute atomic E-state index is 14.3. The number of urea groups is 1. The number of carbonyl (C=O) groups is 2. The zero-order valence-electron chi connectivity index (χ0n) is 28.6. The Balaban J connectivity index is 1.63.